The zero-order chi connectivity index (χ0) is 14.0. The van der Waals surface area contributed by atoms with Crippen LogP contribution >= 0.6 is 11.6 Å². The van der Waals surface area contributed by atoms with Gasteiger partial charge in [0.2, 0.25) is 0 Å². The standard InChI is InChI=1S/C15H20ClN3/c1-11-8-19(10-15(11)18(2)3)9-13-5-4-12(7-17)6-14(13)16/h4-6,11,15H,8-10H2,1-3H3. The molecule has 2 rings (SSSR count). The van der Waals surface area contributed by atoms with E-state index in [4.69, 9.17) is 16.9 Å². The van der Waals surface area contributed by atoms with E-state index in [-0.39, 0.29) is 0 Å². The molecule has 1 aliphatic rings. The zero-order valence-electron chi connectivity index (χ0n) is 11.7. The van der Waals surface area contributed by atoms with Gasteiger partial charge in [-0.3, -0.25) is 4.90 Å². The van der Waals surface area contributed by atoms with Crippen molar-refractivity contribution in [2.45, 2.75) is 19.5 Å². The summed E-state index contributed by atoms with van der Waals surface area (Å²) in [6.07, 6.45) is 0. The lowest BCUT2D eigenvalue weighted by atomic mass is 10.1. The molecule has 0 bridgehead atoms. The lowest BCUT2D eigenvalue weighted by molar-refractivity contribution is 0.250. The van der Waals surface area contributed by atoms with Gasteiger partial charge in [0.05, 0.1) is 11.6 Å². The van der Waals surface area contributed by atoms with Gasteiger partial charge in [0.25, 0.3) is 0 Å². The summed E-state index contributed by atoms with van der Waals surface area (Å²) in [4.78, 5) is 4.73. The third-order valence-corrected chi connectivity index (χ3v) is 4.24. The molecular formula is C15H20ClN3. The second-order valence-electron chi connectivity index (χ2n) is 5.62. The summed E-state index contributed by atoms with van der Waals surface area (Å²) in [6.45, 7) is 5.33. The molecule has 1 aromatic carbocycles. The van der Waals surface area contributed by atoms with E-state index in [0.29, 0.717) is 22.5 Å². The van der Waals surface area contributed by atoms with Crippen molar-refractivity contribution in [3.05, 3.63) is 34.3 Å². The van der Waals surface area contributed by atoms with Crippen molar-refractivity contribution in [2.24, 2.45) is 5.92 Å². The number of hydrogen-bond acceptors (Lipinski definition) is 3. The second-order valence-corrected chi connectivity index (χ2v) is 6.03. The Kier molecular flexibility index (Phi) is 4.46. The minimum absolute atomic E-state index is 0.608. The summed E-state index contributed by atoms with van der Waals surface area (Å²) in [5, 5.41) is 9.54. The lowest BCUT2D eigenvalue weighted by Gasteiger charge is -2.22. The van der Waals surface area contributed by atoms with Gasteiger partial charge in [0.1, 0.15) is 0 Å². The maximum atomic E-state index is 8.84. The maximum Gasteiger partial charge on any atom is 0.0992 e. The molecule has 0 saturated carbocycles. The van der Waals surface area contributed by atoms with Gasteiger partial charge in [0, 0.05) is 30.7 Å². The van der Waals surface area contributed by atoms with Gasteiger partial charge in [-0.25, -0.2) is 0 Å². The van der Waals surface area contributed by atoms with Gasteiger partial charge in [-0.2, -0.15) is 5.26 Å². The largest absolute Gasteiger partial charge is 0.305 e. The molecule has 0 aromatic heterocycles. The van der Waals surface area contributed by atoms with E-state index in [1.54, 1.807) is 6.07 Å². The summed E-state index contributed by atoms with van der Waals surface area (Å²) in [5.74, 6) is 0.673. The van der Waals surface area contributed by atoms with Crippen LogP contribution in [-0.4, -0.2) is 43.0 Å². The van der Waals surface area contributed by atoms with Crippen molar-refractivity contribution in [1.82, 2.24) is 9.80 Å². The van der Waals surface area contributed by atoms with E-state index in [1.165, 1.54) is 0 Å². The van der Waals surface area contributed by atoms with Crippen LogP contribution in [0.1, 0.15) is 18.1 Å². The molecule has 19 heavy (non-hydrogen) atoms. The molecule has 2 unspecified atom stereocenters. The third kappa shape index (κ3) is 3.27. The molecule has 4 heteroatoms. The number of nitriles is 1. The van der Waals surface area contributed by atoms with Crippen LogP contribution in [0.4, 0.5) is 0 Å². The first-order chi connectivity index (χ1) is 9.01. The predicted molar refractivity (Wildman–Crippen MR) is 78.1 cm³/mol. The van der Waals surface area contributed by atoms with E-state index in [9.17, 15) is 0 Å². The van der Waals surface area contributed by atoms with Crippen molar-refractivity contribution in [3.63, 3.8) is 0 Å². The highest BCUT2D eigenvalue weighted by Gasteiger charge is 2.30. The van der Waals surface area contributed by atoms with E-state index in [2.05, 4.69) is 36.9 Å². The molecule has 0 N–H and O–H groups in total. The molecule has 0 spiro atoms. The molecule has 1 aromatic rings. The number of hydrogen-bond donors (Lipinski definition) is 0. The highest BCUT2D eigenvalue weighted by Crippen LogP contribution is 2.25. The maximum absolute atomic E-state index is 8.84. The third-order valence-electron chi connectivity index (χ3n) is 3.89. The van der Waals surface area contributed by atoms with Crippen molar-refractivity contribution < 1.29 is 0 Å². The van der Waals surface area contributed by atoms with E-state index >= 15 is 0 Å². The Bertz CT molecular complexity index is 493. The predicted octanol–water partition coefficient (Wildman–Crippen LogP) is 2.59. The van der Waals surface area contributed by atoms with Crippen molar-refractivity contribution >= 4 is 11.6 Å². The van der Waals surface area contributed by atoms with Crippen LogP contribution < -0.4 is 0 Å². The highest BCUT2D eigenvalue weighted by molar-refractivity contribution is 6.31. The minimum Gasteiger partial charge on any atom is -0.305 e. The number of rotatable bonds is 3. The van der Waals surface area contributed by atoms with Crippen LogP contribution in [-0.2, 0) is 6.54 Å². The number of halogens is 1. The normalized spacial score (nSPS) is 23.8. The Morgan fingerprint density at radius 1 is 1.42 bits per heavy atom. The smallest absolute Gasteiger partial charge is 0.0992 e. The summed E-state index contributed by atoms with van der Waals surface area (Å²) in [7, 11) is 4.28. The average Bonchev–Trinajstić information content (AvgIpc) is 2.73. The molecule has 102 valence electrons. The average molecular weight is 278 g/mol. The van der Waals surface area contributed by atoms with Gasteiger partial charge >= 0.3 is 0 Å². The first kappa shape index (κ1) is 14.3. The van der Waals surface area contributed by atoms with E-state index in [0.717, 1.165) is 25.2 Å². The molecule has 1 fully saturated rings. The van der Waals surface area contributed by atoms with Gasteiger partial charge in [-0.05, 0) is 37.7 Å². The molecule has 2 atom stereocenters. The Morgan fingerprint density at radius 2 is 2.16 bits per heavy atom. The molecule has 0 amide bonds. The lowest BCUT2D eigenvalue weighted by Crippen LogP contribution is -2.34. The Balaban J connectivity index is 2.05. The zero-order valence-corrected chi connectivity index (χ0v) is 12.5. The first-order valence-corrected chi connectivity index (χ1v) is 6.96. The highest BCUT2D eigenvalue weighted by atomic mass is 35.5. The van der Waals surface area contributed by atoms with Crippen molar-refractivity contribution in [2.75, 3.05) is 27.2 Å². The quantitative estimate of drug-likeness (QED) is 0.851. The van der Waals surface area contributed by atoms with Crippen LogP contribution in [0.2, 0.25) is 5.02 Å². The first-order valence-electron chi connectivity index (χ1n) is 6.58. The fourth-order valence-electron chi connectivity index (χ4n) is 2.84. The van der Waals surface area contributed by atoms with Crippen LogP contribution in [0, 0.1) is 17.2 Å². The van der Waals surface area contributed by atoms with Crippen LogP contribution in [0.25, 0.3) is 0 Å². The Hall–Kier alpha value is -1.08. The SMILES string of the molecule is CC1CN(Cc2ccc(C#N)cc2Cl)CC1N(C)C. The van der Waals surface area contributed by atoms with E-state index in [1.807, 2.05) is 12.1 Å². The van der Waals surface area contributed by atoms with Crippen molar-refractivity contribution in [1.29, 1.82) is 5.26 Å². The second kappa shape index (κ2) is 5.92. The number of benzene rings is 1. The monoisotopic (exact) mass is 277 g/mol. The molecule has 0 radical (unpaired) electrons. The van der Waals surface area contributed by atoms with Crippen molar-refractivity contribution in [3.8, 4) is 6.07 Å². The minimum atomic E-state index is 0.608. The van der Waals surface area contributed by atoms with Gasteiger partial charge < -0.3 is 4.90 Å². The Labute approximate surface area is 120 Å². The fourth-order valence-corrected chi connectivity index (χ4v) is 3.08. The molecular weight excluding hydrogens is 258 g/mol. The number of nitrogens with zero attached hydrogens (tertiary/aromatic N) is 3. The van der Waals surface area contributed by atoms with Gasteiger partial charge in [-0.15, -0.1) is 0 Å². The van der Waals surface area contributed by atoms with Gasteiger partial charge in [0.15, 0.2) is 0 Å². The molecule has 1 aliphatic heterocycles. The summed E-state index contributed by atoms with van der Waals surface area (Å²) >= 11 is 6.23. The fraction of sp³-hybridized carbons (Fsp3) is 0.533. The summed E-state index contributed by atoms with van der Waals surface area (Å²) in [6, 6.07) is 8.28. The number of likely N-dealkylation sites (tertiary alicyclic amines) is 1. The van der Waals surface area contributed by atoms with Crippen LogP contribution in [0.5, 0.6) is 0 Å². The van der Waals surface area contributed by atoms with Crippen LogP contribution in [0.3, 0.4) is 0 Å². The van der Waals surface area contributed by atoms with Crippen LogP contribution in [0.15, 0.2) is 18.2 Å². The summed E-state index contributed by atoms with van der Waals surface area (Å²) in [5.41, 5.74) is 1.72. The molecule has 0 aliphatic carbocycles. The summed E-state index contributed by atoms with van der Waals surface area (Å²) < 4.78 is 0. The molecule has 1 heterocycles. The van der Waals surface area contributed by atoms with Gasteiger partial charge in [-0.1, -0.05) is 24.6 Å². The Morgan fingerprint density at radius 3 is 2.68 bits per heavy atom. The molecule has 3 nitrogen and oxygen atoms in total. The molecule has 1 saturated heterocycles. The number of likely N-dealkylation sites (N-methyl/N-ethyl adjacent to an activating group) is 1. The van der Waals surface area contributed by atoms with E-state index < -0.39 is 0 Å². The topological polar surface area (TPSA) is 30.3 Å².